The molecular formula is C20H20ClN7O2. The Hall–Kier alpha value is -3.07. The molecule has 9 nitrogen and oxygen atoms in total. The van der Waals surface area contributed by atoms with E-state index in [0.717, 1.165) is 31.1 Å². The summed E-state index contributed by atoms with van der Waals surface area (Å²) in [5, 5.41) is 5.72. The van der Waals surface area contributed by atoms with Crippen molar-refractivity contribution in [1.82, 2.24) is 24.0 Å². The van der Waals surface area contributed by atoms with Crippen LogP contribution < -0.4 is 15.9 Å². The molecule has 0 saturated heterocycles. The molecule has 6 rings (SSSR count). The molecule has 2 saturated carbocycles. The molecule has 1 amide bonds. The Morgan fingerprint density at radius 1 is 1.17 bits per heavy atom. The number of nitrogens with zero attached hydrogens (tertiary/aromatic N) is 5. The van der Waals surface area contributed by atoms with Crippen LogP contribution in [0.15, 0.2) is 35.5 Å². The minimum Gasteiger partial charge on any atom is -0.346 e. The van der Waals surface area contributed by atoms with Crippen LogP contribution in [0.4, 0.5) is 11.5 Å². The molecule has 2 N–H and O–H groups in total. The van der Waals surface area contributed by atoms with Gasteiger partial charge >= 0.3 is 0 Å². The van der Waals surface area contributed by atoms with Crippen molar-refractivity contribution in [2.24, 2.45) is 5.41 Å². The summed E-state index contributed by atoms with van der Waals surface area (Å²) in [5.41, 5.74) is 0.531. The Labute approximate surface area is 176 Å². The largest absolute Gasteiger partial charge is 0.346 e. The average Bonchev–Trinajstić information content (AvgIpc) is 3.15. The number of aromatic amines is 1. The maximum atomic E-state index is 13.4. The maximum Gasteiger partial charge on any atom is 0.293 e. The van der Waals surface area contributed by atoms with Gasteiger partial charge in [-0.15, -0.1) is 0 Å². The number of aromatic nitrogens is 4. The summed E-state index contributed by atoms with van der Waals surface area (Å²) >= 11 is 6.52. The Morgan fingerprint density at radius 3 is 2.70 bits per heavy atom. The SMILES string of the molecule is CN1n2c(ccc(Nc3ncnc4[nH]ccc34)c2=O)C(=O)N(Cl)C12CC1(CCC1)C2. The van der Waals surface area contributed by atoms with Crippen molar-refractivity contribution in [2.45, 2.75) is 37.8 Å². The summed E-state index contributed by atoms with van der Waals surface area (Å²) in [6.07, 6.45) is 8.29. The first-order valence-corrected chi connectivity index (χ1v) is 10.3. The zero-order chi connectivity index (χ0) is 20.7. The van der Waals surface area contributed by atoms with Gasteiger partial charge in [0.1, 0.15) is 34.8 Å². The van der Waals surface area contributed by atoms with Crippen LogP contribution >= 0.6 is 11.8 Å². The fourth-order valence-electron chi connectivity index (χ4n) is 5.33. The van der Waals surface area contributed by atoms with Gasteiger partial charge < -0.3 is 10.3 Å². The van der Waals surface area contributed by atoms with E-state index in [9.17, 15) is 9.59 Å². The highest BCUT2D eigenvalue weighted by Crippen LogP contribution is 2.63. The lowest BCUT2D eigenvalue weighted by molar-refractivity contribution is -0.101. The number of rotatable bonds is 2. The lowest BCUT2D eigenvalue weighted by atomic mass is 9.51. The van der Waals surface area contributed by atoms with Crippen molar-refractivity contribution in [2.75, 3.05) is 17.4 Å². The molecule has 30 heavy (non-hydrogen) atoms. The quantitative estimate of drug-likeness (QED) is 0.612. The highest BCUT2D eigenvalue weighted by molar-refractivity contribution is 6.25. The Balaban J connectivity index is 1.42. The second-order valence-electron chi connectivity index (χ2n) is 8.64. The summed E-state index contributed by atoms with van der Waals surface area (Å²) < 4.78 is 2.75. The summed E-state index contributed by atoms with van der Waals surface area (Å²) in [6, 6.07) is 5.06. The van der Waals surface area contributed by atoms with E-state index in [1.807, 2.05) is 18.1 Å². The van der Waals surface area contributed by atoms with Crippen molar-refractivity contribution in [3.05, 3.63) is 46.8 Å². The number of amides is 1. The molecule has 0 unspecified atom stereocenters. The minimum atomic E-state index is -0.669. The van der Waals surface area contributed by atoms with Crippen molar-refractivity contribution in [3.8, 4) is 0 Å². The van der Waals surface area contributed by atoms with E-state index in [1.54, 1.807) is 18.3 Å². The molecule has 2 spiro atoms. The van der Waals surface area contributed by atoms with E-state index < -0.39 is 5.66 Å². The van der Waals surface area contributed by atoms with Gasteiger partial charge in [-0.3, -0.25) is 14.6 Å². The second kappa shape index (κ2) is 5.75. The van der Waals surface area contributed by atoms with Crippen LogP contribution in [0.3, 0.4) is 0 Å². The molecule has 4 heterocycles. The summed E-state index contributed by atoms with van der Waals surface area (Å²) in [6.45, 7) is 0. The van der Waals surface area contributed by atoms with Gasteiger partial charge in [-0.2, -0.15) is 0 Å². The van der Waals surface area contributed by atoms with E-state index in [0.29, 0.717) is 17.2 Å². The van der Waals surface area contributed by atoms with E-state index >= 15 is 0 Å². The molecule has 0 aromatic carbocycles. The number of hydrogen-bond donors (Lipinski definition) is 2. The standard InChI is InChI=1S/C20H20ClN7O2/c1-26-20(9-19(10-20)6-2-7-19)28(21)18(30)14-4-3-13(17(29)27(14)26)25-16-12-5-8-22-15(12)23-11-24-16/h3-5,8,11H,2,6-7,9-10H2,1H3,(H2,22,23,24,25). The maximum absolute atomic E-state index is 13.4. The van der Waals surface area contributed by atoms with Gasteiger partial charge in [0.05, 0.1) is 5.39 Å². The number of halogens is 1. The highest BCUT2D eigenvalue weighted by atomic mass is 35.5. The predicted molar refractivity (Wildman–Crippen MR) is 112 cm³/mol. The van der Waals surface area contributed by atoms with Gasteiger partial charge in [0.25, 0.3) is 11.5 Å². The average molecular weight is 426 g/mol. The summed E-state index contributed by atoms with van der Waals surface area (Å²) in [4.78, 5) is 37.9. The number of carbonyl (C=O) groups is 1. The Bertz CT molecular complexity index is 1250. The first-order chi connectivity index (χ1) is 14.4. The number of anilines is 2. The lowest BCUT2D eigenvalue weighted by Gasteiger charge is -2.66. The first kappa shape index (κ1) is 17.8. The zero-order valence-corrected chi connectivity index (χ0v) is 17.1. The van der Waals surface area contributed by atoms with E-state index in [-0.39, 0.29) is 22.6 Å². The molecule has 0 bridgehead atoms. The summed E-state index contributed by atoms with van der Waals surface area (Å²) in [5.74, 6) is 0.178. The molecule has 0 atom stereocenters. The van der Waals surface area contributed by atoms with Crippen molar-refractivity contribution in [1.29, 1.82) is 0 Å². The molecule has 3 aromatic heterocycles. The van der Waals surface area contributed by atoms with E-state index in [4.69, 9.17) is 11.8 Å². The third-order valence-corrected chi connectivity index (χ3v) is 7.53. The third-order valence-electron chi connectivity index (χ3n) is 7.06. The fraction of sp³-hybridized carbons (Fsp3) is 0.400. The van der Waals surface area contributed by atoms with Gasteiger partial charge in [0.15, 0.2) is 0 Å². The zero-order valence-electron chi connectivity index (χ0n) is 16.4. The summed E-state index contributed by atoms with van der Waals surface area (Å²) in [7, 11) is 1.83. The molecule has 154 valence electrons. The molecule has 3 aromatic rings. The highest BCUT2D eigenvalue weighted by Gasteiger charge is 2.65. The first-order valence-electron chi connectivity index (χ1n) is 10.00. The number of hydrogen-bond acceptors (Lipinski definition) is 6. The minimum absolute atomic E-state index is 0.248. The lowest BCUT2D eigenvalue weighted by Crippen LogP contribution is -2.76. The van der Waals surface area contributed by atoms with Gasteiger partial charge in [-0.05, 0) is 49.3 Å². The molecule has 3 aliphatic rings. The molecular weight excluding hydrogens is 406 g/mol. The van der Waals surface area contributed by atoms with Gasteiger partial charge in [0, 0.05) is 25.0 Å². The van der Waals surface area contributed by atoms with Crippen LogP contribution in [0.5, 0.6) is 0 Å². The number of H-pyrrole nitrogens is 1. The monoisotopic (exact) mass is 425 g/mol. The normalized spacial score (nSPS) is 20.9. The van der Waals surface area contributed by atoms with Crippen molar-refractivity contribution in [3.63, 3.8) is 0 Å². The van der Waals surface area contributed by atoms with Crippen LogP contribution in [0.2, 0.25) is 0 Å². The number of pyridine rings is 1. The van der Waals surface area contributed by atoms with Gasteiger partial charge in [0.2, 0.25) is 0 Å². The van der Waals surface area contributed by atoms with Gasteiger partial charge in [-0.25, -0.2) is 19.1 Å². The molecule has 1 aliphatic heterocycles. The van der Waals surface area contributed by atoms with E-state index in [1.165, 1.54) is 21.8 Å². The smallest absolute Gasteiger partial charge is 0.293 e. The molecule has 10 heteroatoms. The van der Waals surface area contributed by atoms with Gasteiger partial charge in [-0.1, -0.05) is 6.42 Å². The predicted octanol–water partition coefficient (Wildman–Crippen LogP) is 2.70. The molecule has 0 radical (unpaired) electrons. The Morgan fingerprint density at radius 2 is 1.97 bits per heavy atom. The fourth-order valence-corrected chi connectivity index (χ4v) is 5.65. The third kappa shape index (κ3) is 2.13. The number of fused-ring (bicyclic) bond motifs is 2. The number of carbonyl (C=O) groups excluding carboxylic acids is 1. The second-order valence-corrected chi connectivity index (χ2v) is 8.97. The van der Waals surface area contributed by atoms with Crippen LogP contribution in [0.1, 0.15) is 42.6 Å². The van der Waals surface area contributed by atoms with Crippen LogP contribution in [-0.4, -0.2) is 42.7 Å². The van der Waals surface area contributed by atoms with Crippen molar-refractivity contribution < 1.29 is 4.79 Å². The number of nitrogens with one attached hydrogen (secondary N) is 2. The van der Waals surface area contributed by atoms with Crippen LogP contribution in [0.25, 0.3) is 11.0 Å². The van der Waals surface area contributed by atoms with Crippen LogP contribution in [-0.2, 0) is 0 Å². The molecule has 2 aliphatic carbocycles. The van der Waals surface area contributed by atoms with Crippen LogP contribution in [0, 0.1) is 5.41 Å². The van der Waals surface area contributed by atoms with Crippen molar-refractivity contribution >= 4 is 40.2 Å². The van der Waals surface area contributed by atoms with E-state index in [2.05, 4.69) is 20.3 Å². The Kier molecular flexibility index (Phi) is 3.41. The topological polar surface area (TPSA) is 99.1 Å². The molecule has 2 fully saturated rings.